The number of hydrogen-bond acceptors (Lipinski definition) is 2. The molecule has 0 aromatic heterocycles. The Bertz CT molecular complexity index is 536. The lowest BCUT2D eigenvalue weighted by molar-refractivity contribution is 0.488. The number of allylic oxidation sites excluding steroid dienone is 4. The Balaban J connectivity index is 2.46. The third-order valence-corrected chi connectivity index (χ3v) is 8.91. The fourth-order valence-electron chi connectivity index (χ4n) is 2.85. The third kappa shape index (κ3) is 2.74. The molecule has 2 nitrogen and oxygen atoms in total. The fraction of sp³-hybridized carbons (Fsp3) is 0.375. The first-order valence-corrected chi connectivity index (χ1v) is 13.0. The first-order chi connectivity index (χ1) is 9.17. The smallest absolute Gasteiger partial charge is 0.213 e. The molecule has 1 aromatic carbocycles. The van der Waals surface area contributed by atoms with Gasteiger partial charge in [-0.1, -0.05) is 48.6 Å². The van der Waals surface area contributed by atoms with Gasteiger partial charge in [-0.05, 0) is 43.4 Å². The van der Waals surface area contributed by atoms with Crippen LogP contribution in [0.3, 0.4) is 0 Å². The molecule has 4 heteroatoms. The first-order valence-electron chi connectivity index (χ1n) is 7.07. The maximum Gasteiger partial charge on any atom is 0.213 e. The highest BCUT2D eigenvalue weighted by atomic mass is 28.4. The van der Waals surface area contributed by atoms with Crippen LogP contribution in [0.2, 0.25) is 26.2 Å². The Morgan fingerprint density at radius 1 is 1.00 bits per heavy atom. The van der Waals surface area contributed by atoms with Gasteiger partial charge in [-0.25, -0.2) is 0 Å². The molecule has 20 heavy (non-hydrogen) atoms. The van der Waals surface area contributed by atoms with Crippen molar-refractivity contribution >= 4 is 16.6 Å². The minimum Gasteiger partial charge on any atom is -0.431 e. The lowest BCUT2D eigenvalue weighted by Crippen LogP contribution is -2.51. The third-order valence-electron chi connectivity index (χ3n) is 4.28. The van der Waals surface area contributed by atoms with Gasteiger partial charge in [0.25, 0.3) is 0 Å². The Morgan fingerprint density at radius 2 is 1.60 bits per heavy atom. The second-order valence-electron chi connectivity index (χ2n) is 6.65. The molecule has 108 valence electrons. The molecule has 0 saturated carbocycles. The SMILES string of the molecule is C[Si](C)(O)C1=CCC(c2ccccc2)([Si](C)(C)O)C=C1. The highest BCUT2D eigenvalue weighted by molar-refractivity contribution is 6.78. The maximum absolute atomic E-state index is 10.8. The largest absolute Gasteiger partial charge is 0.431 e. The average molecular weight is 305 g/mol. The van der Waals surface area contributed by atoms with Crippen LogP contribution in [0.5, 0.6) is 0 Å². The molecule has 0 saturated heterocycles. The Kier molecular flexibility index (Phi) is 3.95. The van der Waals surface area contributed by atoms with Gasteiger partial charge >= 0.3 is 0 Å². The molecule has 0 spiro atoms. The van der Waals surface area contributed by atoms with Crippen LogP contribution < -0.4 is 0 Å². The van der Waals surface area contributed by atoms with Gasteiger partial charge in [0.1, 0.15) is 0 Å². The van der Waals surface area contributed by atoms with Gasteiger partial charge in [-0.15, -0.1) is 0 Å². The molecule has 0 bridgehead atoms. The van der Waals surface area contributed by atoms with Crippen molar-refractivity contribution in [1.82, 2.24) is 0 Å². The van der Waals surface area contributed by atoms with Crippen molar-refractivity contribution in [3.63, 3.8) is 0 Å². The van der Waals surface area contributed by atoms with Crippen LogP contribution in [0, 0.1) is 0 Å². The first kappa shape index (κ1) is 15.4. The average Bonchev–Trinajstić information content (AvgIpc) is 2.37. The molecule has 1 unspecified atom stereocenters. The normalized spacial score (nSPS) is 23.6. The topological polar surface area (TPSA) is 40.5 Å². The molecule has 0 aliphatic heterocycles. The molecule has 1 atom stereocenters. The minimum absolute atomic E-state index is 0.294. The van der Waals surface area contributed by atoms with E-state index < -0.39 is 16.6 Å². The molecule has 0 heterocycles. The lowest BCUT2D eigenvalue weighted by Gasteiger charge is -2.42. The van der Waals surface area contributed by atoms with Crippen molar-refractivity contribution < 1.29 is 9.59 Å². The molecule has 0 amide bonds. The predicted molar refractivity (Wildman–Crippen MR) is 89.4 cm³/mol. The van der Waals surface area contributed by atoms with E-state index in [-0.39, 0.29) is 5.04 Å². The van der Waals surface area contributed by atoms with Crippen LogP contribution >= 0.6 is 0 Å². The fourth-order valence-corrected chi connectivity index (χ4v) is 5.91. The molecule has 1 aliphatic carbocycles. The second kappa shape index (κ2) is 5.11. The summed E-state index contributed by atoms with van der Waals surface area (Å²) in [6.45, 7) is 7.84. The van der Waals surface area contributed by atoms with Crippen molar-refractivity contribution in [2.24, 2.45) is 0 Å². The zero-order chi connectivity index (χ0) is 15.0. The van der Waals surface area contributed by atoms with E-state index in [1.54, 1.807) is 0 Å². The lowest BCUT2D eigenvalue weighted by atomic mass is 9.91. The van der Waals surface area contributed by atoms with Gasteiger partial charge in [-0.3, -0.25) is 0 Å². The minimum atomic E-state index is -2.43. The zero-order valence-corrected chi connectivity index (χ0v) is 14.7. The molecule has 2 N–H and O–H groups in total. The zero-order valence-electron chi connectivity index (χ0n) is 12.7. The van der Waals surface area contributed by atoms with E-state index >= 15 is 0 Å². The van der Waals surface area contributed by atoms with Crippen LogP contribution in [0.15, 0.2) is 53.8 Å². The van der Waals surface area contributed by atoms with Gasteiger partial charge in [0.15, 0.2) is 8.32 Å². The van der Waals surface area contributed by atoms with Gasteiger partial charge in [0.05, 0.1) is 0 Å². The van der Waals surface area contributed by atoms with E-state index in [2.05, 4.69) is 24.3 Å². The molecule has 2 rings (SSSR count). The van der Waals surface area contributed by atoms with Gasteiger partial charge < -0.3 is 9.59 Å². The highest BCUT2D eigenvalue weighted by Gasteiger charge is 2.46. The standard InChI is InChI=1S/C16H24O2Si2/c1-19(2,17)15-10-12-16(13-11-15,20(3,4)18)14-8-6-5-7-9-14/h5-12,17-18H,13H2,1-4H3. The summed E-state index contributed by atoms with van der Waals surface area (Å²) in [5.41, 5.74) is 1.17. The quantitative estimate of drug-likeness (QED) is 0.841. The van der Waals surface area contributed by atoms with Crippen molar-refractivity contribution in [2.75, 3.05) is 0 Å². The van der Waals surface area contributed by atoms with Crippen molar-refractivity contribution in [2.45, 2.75) is 37.6 Å². The van der Waals surface area contributed by atoms with E-state index in [9.17, 15) is 9.59 Å². The summed E-state index contributed by atoms with van der Waals surface area (Å²) in [7, 11) is -4.70. The van der Waals surface area contributed by atoms with Crippen LogP contribution in [-0.4, -0.2) is 26.2 Å². The molecular formula is C16H24O2Si2. The van der Waals surface area contributed by atoms with Gasteiger partial charge in [-0.2, -0.15) is 0 Å². The van der Waals surface area contributed by atoms with E-state index in [1.165, 1.54) is 5.56 Å². The summed E-state index contributed by atoms with van der Waals surface area (Å²) in [5.74, 6) is 0. The Morgan fingerprint density at radius 3 is 2.00 bits per heavy atom. The Hall–Kier alpha value is -0.946. The monoisotopic (exact) mass is 304 g/mol. The summed E-state index contributed by atoms with van der Waals surface area (Å²) in [6, 6.07) is 10.2. The van der Waals surface area contributed by atoms with Gasteiger partial charge in [0, 0.05) is 5.04 Å². The number of benzene rings is 1. The molecular weight excluding hydrogens is 280 g/mol. The molecule has 0 fully saturated rings. The van der Waals surface area contributed by atoms with E-state index in [0.29, 0.717) is 0 Å². The second-order valence-corrected chi connectivity index (χ2v) is 14.4. The molecule has 1 aliphatic rings. The van der Waals surface area contributed by atoms with E-state index in [4.69, 9.17) is 0 Å². The Labute approximate surface area is 123 Å². The molecule has 0 radical (unpaired) electrons. The van der Waals surface area contributed by atoms with Crippen LogP contribution in [0.25, 0.3) is 0 Å². The summed E-state index contributed by atoms with van der Waals surface area (Å²) >= 11 is 0. The summed E-state index contributed by atoms with van der Waals surface area (Å²) in [4.78, 5) is 21.1. The summed E-state index contributed by atoms with van der Waals surface area (Å²) in [6.07, 6.45) is 7.07. The summed E-state index contributed by atoms with van der Waals surface area (Å²) in [5, 5.41) is 0.763. The van der Waals surface area contributed by atoms with Crippen LogP contribution in [0.4, 0.5) is 0 Å². The van der Waals surface area contributed by atoms with Crippen molar-refractivity contribution in [1.29, 1.82) is 0 Å². The molecule has 1 aromatic rings. The number of hydrogen-bond donors (Lipinski definition) is 2. The summed E-state index contributed by atoms with van der Waals surface area (Å²) < 4.78 is 0. The number of rotatable bonds is 3. The van der Waals surface area contributed by atoms with Gasteiger partial charge in [0.2, 0.25) is 8.32 Å². The van der Waals surface area contributed by atoms with E-state index in [0.717, 1.165) is 11.6 Å². The highest BCUT2D eigenvalue weighted by Crippen LogP contribution is 2.41. The van der Waals surface area contributed by atoms with Crippen molar-refractivity contribution in [3.8, 4) is 0 Å². The van der Waals surface area contributed by atoms with Crippen LogP contribution in [0.1, 0.15) is 12.0 Å². The van der Waals surface area contributed by atoms with E-state index in [1.807, 2.05) is 50.5 Å². The maximum atomic E-state index is 10.8. The van der Waals surface area contributed by atoms with Crippen LogP contribution in [-0.2, 0) is 5.04 Å². The van der Waals surface area contributed by atoms with Crippen molar-refractivity contribution in [3.05, 3.63) is 59.3 Å². The predicted octanol–water partition coefficient (Wildman–Crippen LogP) is 3.28.